The third kappa shape index (κ3) is 3.89. The van der Waals surface area contributed by atoms with E-state index in [9.17, 15) is 5.11 Å². The van der Waals surface area contributed by atoms with Gasteiger partial charge < -0.3 is 5.11 Å². The van der Waals surface area contributed by atoms with Crippen molar-refractivity contribution in [3.8, 4) is 0 Å². The normalized spacial score (nSPS) is 12.8. The average Bonchev–Trinajstić information content (AvgIpc) is 2.86. The zero-order valence-electron chi connectivity index (χ0n) is 11.5. The standard InChI is InChI=1S/C15H21N3O/c1-12(2)18-15(16-11-17-18)10-14(19)9-8-13-6-4-3-5-7-13/h3-7,11-12,14,19H,8-10H2,1-2H3. The summed E-state index contributed by atoms with van der Waals surface area (Å²) < 4.78 is 1.87. The molecule has 0 spiro atoms. The SMILES string of the molecule is CC(C)n1ncnc1CC(O)CCc1ccccc1. The summed E-state index contributed by atoms with van der Waals surface area (Å²) in [5, 5.41) is 14.3. The number of rotatable bonds is 6. The van der Waals surface area contributed by atoms with Crippen LogP contribution >= 0.6 is 0 Å². The molecule has 1 unspecified atom stereocenters. The molecule has 0 aliphatic rings. The van der Waals surface area contributed by atoms with Gasteiger partial charge in [0.25, 0.3) is 0 Å². The molecule has 0 saturated carbocycles. The van der Waals surface area contributed by atoms with Gasteiger partial charge in [-0.25, -0.2) is 9.67 Å². The number of aliphatic hydroxyl groups excluding tert-OH is 1. The van der Waals surface area contributed by atoms with Crippen LogP contribution in [0.25, 0.3) is 0 Å². The van der Waals surface area contributed by atoms with Crippen LogP contribution in [0.3, 0.4) is 0 Å². The van der Waals surface area contributed by atoms with Crippen LogP contribution in [0, 0.1) is 0 Å². The minimum absolute atomic E-state index is 0.277. The van der Waals surface area contributed by atoms with E-state index in [1.54, 1.807) is 6.33 Å². The third-order valence-corrected chi connectivity index (χ3v) is 3.16. The van der Waals surface area contributed by atoms with Crippen LogP contribution in [0.4, 0.5) is 0 Å². The van der Waals surface area contributed by atoms with Crippen molar-refractivity contribution in [1.82, 2.24) is 14.8 Å². The number of hydrogen-bond donors (Lipinski definition) is 1. The highest BCUT2D eigenvalue weighted by Gasteiger charge is 2.13. The van der Waals surface area contributed by atoms with Crippen molar-refractivity contribution in [3.05, 3.63) is 48.0 Å². The molecular weight excluding hydrogens is 238 g/mol. The molecule has 2 rings (SSSR count). The smallest absolute Gasteiger partial charge is 0.138 e. The number of hydrogen-bond acceptors (Lipinski definition) is 3. The first kappa shape index (κ1) is 13.7. The molecule has 1 atom stereocenters. The molecule has 4 nitrogen and oxygen atoms in total. The Bertz CT molecular complexity index is 493. The lowest BCUT2D eigenvalue weighted by atomic mass is 10.0. The first-order valence-electron chi connectivity index (χ1n) is 6.77. The molecule has 1 aromatic heterocycles. The molecule has 1 heterocycles. The van der Waals surface area contributed by atoms with Gasteiger partial charge in [-0.15, -0.1) is 0 Å². The second-order valence-electron chi connectivity index (χ2n) is 5.10. The van der Waals surface area contributed by atoms with Gasteiger partial charge in [-0.2, -0.15) is 5.10 Å². The molecule has 1 aromatic carbocycles. The van der Waals surface area contributed by atoms with E-state index in [2.05, 4.69) is 36.1 Å². The topological polar surface area (TPSA) is 50.9 Å². The van der Waals surface area contributed by atoms with Gasteiger partial charge in [-0.05, 0) is 32.3 Å². The van der Waals surface area contributed by atoms with Gasteiger partial charge in [-0.1, -0.05) is 30.3 Å². The summed E-state index contributed by atoms with van der Waals surface area (Å²) in [6.45, 7) is 4.13. The molecule has 0 aliphatic heterocycles. The van der Waals surface area contributed by atoms with Crippen molar-refractivity contribution >= 4 is 0 Å². The van der Waals surface area contributed by atoms with Gasteiger partial charge in [-0.3, -0.25) is 0 Å². The highest BCUT2D eigenvalue weighted by Crippen LogP contribution is 2.11. The molecule has 0 bridgehead atoms. The van der Waals surface area contributed by atoms with Gasteiger partial charge >= 0.3 is 0 Å². The average molecular weight is 259 g/mol. The van der Waals surface area contributed by atoms with E-state index in [1.165, 1.54) is 5.56 Å². The van der Waals surface area contributed by atoms with E-state index in [-0.39, 0.29) is 12.1 Å². The Balaban J connectivity index is 1.87. The minimum Gasteiger partial charge on any atom is -0.393 e. The zero-order valence-corrected chi connectivity index (χ0v) is 11.5. The molecule has 4 heteroatoms. The highest BCUT2D eigenvalue weighted by molar-refractivity contribution is 5.14. The highest BCUT2D eigenvalue weighted by atomic mass is 16.3. The second-order valence-corrected chi connectivity index (χ2v) is 5.10. The van der Waals surface area contributed by atoms with Crippen molar-refractivity contribution in [2.24, 2.45) is 0 Å². The Hall–Kier alpha value is -1.68. The monoisotopic (exact) mass is 259 g/mol. The maximum absolute atomic E-state index is 10.1. The Labute approximate surface area is 114 Å². The number of aromatic nitrogens is 3. The van der Waals surface area contributed by atoms with Crippen LogP contribution in [0.5, 0.6) is 0 Å². The van der Waals surface area contributed by atoms with Crippen molar-refractivity contribution < 1.29 is 5.11 Å². The summed E-state index contributed by atoms with van der Waals surface area (Å²) >= 11 is 0. The van der Waals surface area contributed by atoms with Crippen molar-refractivity contribution in [1.29, 1.82) is 0 Å². The Morgan fingerprint density at radius 3 is 2.63 bits per heavy atom. The van der Waals surface area contributed by atoms with E-state index in [1.807, 2.05) is 22.9 Å². The van der Waals surface area contributed by atoms with E-state index in [4.69, 9.17) is 0 Å². The number of aliphatic hydroxyl groups is 1. The second kappa shape index (κ2) is 6.48. The fourth-order valence-electron chi connectivity index (χ4n) is 2.14. The minimum atomic E-state index is -0.373. The van der Waals surface area contributed by atoms with Gasteiger partial charge in [0.05, 0.1) is 6.10 Å². The lowest BCUT2D eigenvalue weighted by Gasteiger charge is -2.13. The number of aryl methyl sites for hydroxylation is 1. The Kier molecular flexibility index (Phi) is 4.68. The fourth-order valence-corrected chi connectivity index (χ4v) is 2.14. The summed E-state index contributed by atoms with van der Waals surface area (Å²) in [6.07, 6.45) is 3.37. The number of benzene rings is 1. The van der Waals surface area contributed by atoms with Gasteiger partial charge in [0, 0.05) is 12.5 Å². The fraction of sp³-hybridized carbons (Fsp3) is 0.467. The summed E-state index contributed by atoms with van der Waals surface area (Å²) in [5.41, 5.74) is 1.26. The lowest BCUT2D eigenvalue weighted by molar-refractivity contribution is 0.160. The quantitative estimate of drug-likeness (QED) is 0.866. The molecule has 0 aliphatic carbocycles. The van der Waals surface area contributed by atoms with E-state index >= 15 is 0 Å². The maximum Gasteiger partial charge on any atom is 0.138 e. The summed E-state index contributed by atoms with van der Waals surface area (Å²) in [7, 11) is 0. The Morgan fingerprint density at radius 2 is 1.95 bits per heavy atom. The molecule has 102 valence electrons. The van der Waals surface area contributed by atoms with Crippen LogP contribution in [0.1, 0.15) is 37.7 Å². The molecule has 0 fully saturated rings. The lowest BCUT2D eigenvalue weighted by Crippen LogP contribution is -2.17. The van der Waals surface area contributed by atoms with E-state index in [0.29, 0.717) is 6.42 Å². The van der Waals surface area contributed by atoms with Crippen LogP contribution in [0.15, 0.2) is 36.7 Å². The maximum atomic E-state index is 10.1. The van der Waals surface area contributed by atoms with Crippen LogP contribution < -0.4 is 0 Å². The first-order valence-corrected chi connectivity index (χ1v) is 6.77. The predicted molar refractivity (Wildman–Crippen MR) is 74.9 cm³/mol. The first-order chi connectivity index (χ1) is 9.16. The summed E-state index contributed by atoms with van der Waals surface area (Å²) in [4.78, 5) is 4.22. The molecule has 0 radical (unpaired) electrons. The van der Waals surface area contributed by atoms with Gasteiger partial charge in [0.2, 0.25) is 0 Å². The van der Waals surface area contributed by atoms with Crippen molar-refractivity contribution in [3.63, 3.8) is 0 Å². The predicted octanol–water partition coefficient (Wildman–Crippen LogP) is 2.40. The summed E-state index contributed by atoms with van der Waals surface area (Å²) in [5.74, 6) is 0.857. The summed E-state index contributed by atoms with van der Waals surface area (Å²) in [6, 6.07) is 10.5. The van der Waals surface area contributed by atoms with Crippen LogP contribution in [-0.2, 0) is 12.8 Å². The van der Waals surface area contributed by atoms with Crippen molar-refractivity contribution in [2.45, 2.75) is 45.3 Å². The largest absolute Gasteiger partial charge is 0.393 e. The third-order valence-electron chi connectivity index (χ3n) is 3.16. The van der Waals surface area contributed by atoms with Crippen LogP contribution in [0.2, 0.25) is 0 Å². The number of nitrogens with zero attached hydrogens (tertiary/aromatic N) is 3. The van der Waals surface area contributed by atoms with E-state index in [0.717, 1.165) is 18.7 Å². The molecule has 19 heavy (non-hydrogen) atoms. The van der Waals surface area contributed by atoms with Crippen molar-refractivity contribution in [2.75, 3.05) is 0 Å². The van der Waals surface area contributed by atoms with Crippen LogP contribution in [-0.4, -0.2) is 26.0 Å². The van der Waals surface area contributed by atoms with Gasteiger partial charge in [0.1, 0.15) is 12.2 Å². The molecule has 0 saturated heterocycles. The molecule has 1 N–H and O–H groups in total. The Morgan fingerprint density at radius 1 is 1.21 bits per heavy atom. The zero-order chi connectivity index (χ0) is 13.7. The molecule has 0 amide bonds. The van der Waals surface area contributed by atoms with E-state index < -0.39 is 0 Å². The molecule has 2 aromatic rings. The molecular formula is C15H21N3O. The van der Waals surface area contributed by atoms with Gasteiger partial charge in [0.15, 0.2) is 0 Å².